The molecule has 4 aromatic rings. The van der Waals surface area contributed by atoms with Crippen LogP contribution in [0.25, 0.3) is 11.0 Å². The van der Waals surface area contributed by atoms with Crippen molar-refractivity contribution in [1.29, 1.82) is 0 Å². The summed E-state index contributed by atoms with van der Waals surface area (Å²) < 4.78 is 2.98. The van der Waals surface area contributed by atoms with E-state index in [4.69, 9.17) is 0 Å². The zero-order valence-electron chi connectivity index (χ0n) is 16.6. The first-order chi connectivity index (χ1) is 14.0. The number of pyridine rings is 1. The molecule has 0 aliphatic heterocycles. The molecule has 0 atom stereocenters. The smallest absolute Gasteiger partial charge is 0.287 e. The molecule has 0 spiro atoms. The standard InChI is InChI=1S/C24H23N3O2/c1-17-10-11-18(2)20(15-17)16-27-21-9-6-13-25-22(21)23(28)26(24(27)29)14-12-19-7-4-3-5-8-19/h3-11,13,15H,12,14,16H2,1-2H3. The van der Waals surface area contributed by atoms with Crippen molar-refractivity contribution in [3.05, 3.63) is 110 Å². The molecule has 4 rings (SSSR count). The van der Waals surface area contributed by atoms with Crippen LogP contribution in [-0.2, 0) is 19.5 Å². The van der Waals surface area contributed by atoms with Crippen molar-refractivity contribution >= 4 is 11.0 Å². The Hall–Kier alpha value is -3.47. The van der Waals surface area contributed by atoms with Crippen LogP contribution in [-0.4, -0.2) is 14.1 Å². The summed E-state index contributed by atoms with van der Waals surface area (Å²) in [6.45, 7) is 4.79. The number of rotatable bonds is 5. The van der Waals surface area contributed by atoms with E-state index < -0.39 is 0 Å². The van der Waals surface area contributed by atoms with Crippen molar-refractivity contribution in [3.63, 3.8) is 0 Å². The van der Waals surface area contributed by atoms with E-state index in [1.54, 1.807) is 22.9 Å². The van der Waals surface area contributed by atoms with Gasteiger partial charge >= 0.3 is 5.69 Å². The van der Waals surface area contributed by atoms with Crippen molar-refractivity contribution in [1.82, 2.24) is 14.1 Å². The maximum atomic E-state index is 13.3. The molecule has 0 bridgehead atoms. The second kappa shape index (κ2) is 7.87. The van der Waals surface area contributed by atoms with Crippen molar-refractivity contribution in [2.75, 3.05) is 0 Å². The molecule has 0 N–H and O–H groups in total. The Kier molecular flexibility index (Phi) is 5.12. The summed E-state index contributed by atoms with van der Waals surface area (Å²) in [4.78, 5) is 30.6. The van der Waals surface area contributed by atoms with E-state index in [1.165, 1.54) is 4.57 Å². The Morgan fingerprint density at radius 1 is 0.897 bits per heavy atom. The Labute approximate surface area is 168 Å². The molecular formula is C24H23N3O2. The average Bonchev–Trinajstić information content (AvgIpc) is 2.74. The Bertz CT molecular complexity index is 1290. The highest BCUT2D eigenvalue weighted by atomic mass is 16.2. The molecular weight excluding hydrogens is 362 g/mol. The molecule has 0 saturated heterocycles. The van der Waals surface area contributed by atoms with E-state index in [2.05, 4.69) is 23.2 Å². The van der Waals surface area contributed by atoms with Crippen LogP contribution in [0.3, 0.4) is 0 Å². The quantitative estimate of drug-likeness (QED) is 0.529. The fourth-order valence-corrected chi connectivity index (χ4v) is 3.62. The van der Waals surface area contributed by atoms with Crippen LogP contribution in [0.2, 0.25) is 0 Å². The zero-order valence-corrected chi connectivity index (χ0v) is 16.6. The van der Waals surface area contributed by atoms with Crippen molar-refractivity contribution in [2.45, 2.75) is 33.4 Å². The number of aromatic nitrogens is 3. The third kappa shape index (κ3) is 3.76. The summed E-state index contributed by atoms with van der Waals surface area (Å²) in [7, 11) is 0. The highest BCUT2D eigenvalue weighted by Crippen LogP contribution is 2.14. The number of aryl methyl sites for hydroxylation is 3. The first-order valence-electron chi connectivity index (χ1n) is 9.73. The lowest BCUT2D eigenvalue weighted by molar-refractivity contribution is 0.588. The normalized spacial score (nSPS) is 11.1. The molecule has 0 aliphatic rings. The molecule has 0 aliphatic carbocycles. The van der Waals surface area contributed by atoms with Gasteiger partial charge in [-0.15, -0.1) is 0 Å². The maximum absolute atomic E-state index is 13.3. The minimum Gasteiger partial charge on any atom is -0.287 e. The molecule has 0 amide bonds. The topological polar surface area (TPSA) is 56.9 Å². The lowest BCUT2D eigenvalue weighted by Crippen LogP contribution is -2.41. The van der Waals surface area contributed by atoms with Crippen LogP contribution in [0, 0.1) is 13.8 Å². The van der Waals surface area contributed by atoms with E-state index >= 15 is 0 Å². The summed E-state index contributed by atoms with van der Waals surface area (Å²) in [5.41, 5.74) is 4.66. The molecule has 2 aromatic heterocycles. The molecule has 0 saturated carbocycles. The van der Waals surface area contributed by atoms with Gasteiger partial charge in [-0.25, -0.2) is 9.78 Å². The Balaban J connectivity index is 1.84. The number of benzene rings is 2. The molecule has 0 unspecified atom stereocenters. The Morgan fingerprint density at radius 2 is 1.69 bits per heavy atom. The molecule has 5 heteroatoms. The summed E-state index contributed by atoms with van der Waals surface area (Å²) in [5, 5.41) is 0. The largest absolute Gasteiger partial charge is 0.331 e. The lowest BCUT2D eigenvalue weighted by Gasteiger charge is -2.15. The van der Waals surface area contributed by atoms with Crippen molar-refractivity contribution < 1.29 is 0 Å². The van der Waals surface area contributed by atoms with E-state index in [1.807, 2.05) is 44.2 Å². The molecule has 0 fully saturated rings. The number of hydrogen-bond acceptors (Lipinski definition) is 3. The Morgan fingerprint density at radius 3 is 2.48 bits per heavy atom. The summed E-state index contributed by atoms with van der Waals surface area (Å²) in [5.74, 6) is 0. The van der Waals surface area contributed by atoms with Crippen LogP contribution in [0.1, 0.15) is 22.3 Å². The second-order valence-electron chi connectivity index (χ2n) is 7.36. The van der Waals surface area contributed by atoms with Gasteiger partial charge in [0.25, 0.3) is 5.56 Å². The molecule has 2 heterocycles. The van der Waals surface area contributed by atoms with Gasteiger partial charge in [-0.2, -0.15) is 0 Å². The van der Waals surface area contributed by atoms with Gasteiger partial charge in [0.2, 0.25) is 0 Å². The van der Waals surface area contributed by atoms with E-state index in [9.17, 15) is 9.59 Å². The summed E-state index contributed by atoms with van der Waals surface area (Å²) >= 11 is 0. The highest BCUT2D eigenvalue weighted by Gasteiger charge is 2.15. The molecule has 0 radical (unpaired) electrons. The van der Waals surface area contributed by atoms with Crippen LogP contribution in [0.4, 0.5) is 0 Å². The van der Waals surface area contributed by atoms with E-state index in [0.717, 1.165) is 22.3 Å². The molecule has 5 nitrogen and oxygen atoms in total. The average molecular weight is 385 g/mol. The monoisotopic (exact) mass is 385 g/mol. The van der Waals surface area contributed by atoms with Crippen LogP contribution >= 0.6 is 0 Å². The van der Waals surface area contributed by atoms with Crippen LogP contribution < -0.4 is 11.2 Å². The van der Waals surface area contributed by atoms with Gasteiger partial charge < -0.3 is 0 Å². The van der Waals surface area contributed by atoms with Crippen LogP contribution in [0.5, 0.6) is 0 Å². The van der Waals surface area contributed by atoms with Gasteiger partial charge in [-0.3, -0.25) is 13.9 Å². The van der Waals surface area contributed by atoms with Crippen LogP contribution in [0.15, 0.2) is 76.4 Å². The summed E-state index contributed by atoms with van der Waals surface area (Å²) in [6, 6.07) is 19.6. The maximum Gasteiger partial charge on any atom is 0.331 e. The number of hydrogen-bond donors (Lipinski definition) is 0. The van der Waals surface area contributed by atoms with Gasteiger partial charge in [0.15, 0.2) is 5.52 Å². The van der Waals surface area contributed by atoms with Gasteiger partial charge in [0.05, 0.1) is 12.1 Å². The second-order valence-corrected chi connectivity index (χ2v) is 7.36. The lowest BCUT2D eigenvalue weighted by atomic mass is 10.1. The summed E-state index contributed by atoms with van der Waals surface area (Å²) in [6.07, 6.45) is 2.20. The van der Waals surface area contributed by atoms with E-state index in [-0.39, 0.29) is 11.2 Å². The third-order valence-corrected chi connectivity index (χ3v) is 5.29. The van der Waals surface area contributed by atoms with Crippen molar-refractivity contribution in [3.8, 4) is 0 Å². The van der Waals surface area contributed by atoms with E-state index in [0.29, 0.717) is 30.5 Å². The van der Waals surface area contributed by atoms with Gasteiger partial charge in [-0.05, 0) is 49.1 Å². The van der Waals surface area contributed by atoms with Gasteiger partial charge in [0.1, 0.15) is 0 Å². The zero-order chi connectivity index (χ0) is 20.4. The number of fused-ring (bicyclic) bond motifs is 1. The van der Waals surface area contributed by atoms with Gasteiger partial charge in [-0.1, -0.05) is 54.1 Å². The minimum atomic E-state index is -0.334. The highest BCUT2D eigenvalue weighted by molar-refractivity contribution is 5.73. The molecule has 2 aromatic carbocycles. The molecule has 146 valence electrons. The first-order valence-corrected chi connectivity index (χ1v) is 9.73. The minimum absolute atomic E-state index is 0.299. The third-order valence-electron chi connectivity index (χ3n) is 5.29. The molecule has 29 heavy (non-hydrogen) atoms. The fraction of sp³-hybridized carbons (Fsp3) is 0.208. The predicted octanol–water partition coefficient (Wildman–Crippen LogP) is 3.47. The SMILES string of the molecule is Cc1ccc(C)c(Cn2c(=O)n(CCc3ccccc3)c(=O)c3ncccc32)c1. The predicted molar refractivity (Wildman–Crippen MR) is 115 cm³/mol. The first kappa shape index (κ1) is 18.9. The number of nitrogens with zero attached hydrogens (tertiary/aromatic N) is 3. The van der Waals surface area contributed by atoms with Crippen molar-refractivity contribution in [2.24, 2.45) is 0 Å². The van der Waals surface area contributed by atoms with Gasteiger partial charge in [0, 0.05) is 12.7 Å². The fourth-order valence-electron chi connectivity index (χ4n) is 3.62.